The van der Waals surface area contributed by atoms with Gasteiger partial charge in [0.15, 0.2) is 0 Å². The molecule has 0 aliphatic heterocycles. The number of hydrogen-bond donors (Lipinski definition) is 6. The Morgan fingerprint density at radius 2 is 1.04 bits per heavy atom. The van der Waals surface area contributed by atoms with E-state index in [0.29, 0.717) is 11.4 Å². The lowest BCUT2D eigenvalue weighted by Gasteiger charge is -2.12. The maximum absolute atomic E-state index is 11.6. The quantitative estimate of drug-likeness (QED) is 0.452. The third-order valence-electron chi connectivity index (χ3n) is 2.84. The smallest absolute Gasteiger partial charge is 0.325 e. The lowest BCUT2D eigenvalue weighted by Crippen LogP contribution is -2.41. The van der Waals surface area contributed by atoms with E-state index in [4.69, 9.17) is 10.2 Å². The molecule has 10 nitrogen and oxygen atoms in total. The van der Waals surface area contributed by atoms with Gasteiger partial charge in [-0.3, -0.25) is 9.59 Å². The Bertz CT molecular complexity index is 576. The molecule has 0 radical (unpaired) electrons. The molecule has 0 aromatic heterocycles. The Labute approximate surface area is 137 Å². The van der Waals surface area contributed by atoms with Crippen molar-refractivity contribution in [2.24, 2.45) is 0 Å². The molecular weight excluding hydrogens is 320 g/mol. The lowest BCUT2D eigenvalue weighted by molar-refractivity contribution is -0.139. The summed E-state index contributed by atoms with van der Waals surface area (Å²) in [6.07, 6.45) is 0. The minimum atomic E-state index is -1.16. The number of hydrogen-bond acceptors (Lipinski definition) is 4. The number of anilines is 2. The number of carboxylic acids is 2. The number of aliphatic carboxylic acids is 2. The highest BCUT2D eigenvalue weighted by Crippen LogP contribution is 2.13. The van der Waals surface area contributed by atoms with E-state index in [1.54, 1.807) is 0 Å². The van der Waals surface area contributed by atoms with E-state index in [9.17, 15) is 19.2 Å². The molecule has 10 heteroatoms. The van der Waals surface area contributed by atoms with E-state index in [1.807, 2.05) is 0 Å². The van der Waals surface area contributed by atoms with Crippen LogP contribution in [-0.4, -0.2) is 46.3 Å². The van der Waals surface area contributed by atoms with Crippen LogP contribution in [0.3, 0.4) is 0 Å². The Balaban J connectivity index is 2.54. The van der Waals surface area contributed by atoms with Crippen molar-refractivity contribution in [1.82, 2.24) is 10.6 Å². The molecule has 130 valence electrons. The van der Waals surface area contributed by atoms with Crippen molar-refractivity contribution < 1.29 is 29.4 Å². The minimum Gasteiger partial charge on any atom is -0.480 e. The highest BCUT2D eigenvalue weighted by Gasteiger charge is 2.15. The maximum Gasteiger partial charge on any atom is 0.325 e. The molecule has 0 aliphatic carbocycles. The zero-order valence-electron chi connectivity index (χ0n) is 13.0. The van der Waals surface area contributed by atoms with Gasteiger partial charge in [0.25, 0.3) is 0 Å². The molecule has 0 aliphatic rings. The number of nitrogens with one attached hydrogen (secondary N) is 4. The fraction of sp³-hybridized carbons (Fsp3) is 0.286. The molecule has 1 aromatic carbocycles. The fourth-order valence-corrected chi connectivity index (χ4v) is 1.49. The summed E-state index contributed by atoms with van der Waals surface area (Å²) < 4.78 is 0. The van der Waals surface area contributed by atoms with Gasteiger partial charge in [0.1, 0.15) is 12.1 Å². The zero-order valence-corrected chi connectivity index (χ0v) is 13.0. The molecule has 4 amide bonds. The normalized spacial score (nSPS) is 12.4. The summed E-state index contributed by atoms with van der Waals surface area (Å²) in [5, 5.41) is 26.7. The zero-order chi connectivity index (χ0) is 18.3. The van der Waals surface area contributed by atoms with Gasteiger partial charge in [0, 0.05) is 11.4 Å². The number of carboxylic acid groups (broad SMARTS) is 2. The summed E-state index contributed by atoms with van der Waals surface area (Å²) in [5.74, 6) is -2.32. The fourth-order valence-electron chi connectivity index (χ4n) is 1.49. The first-order valence-corrected chi connectivity index (χ1v) is 6.89. The van der Waals surface area contributed by atoms with Crippen molar-refractivity contribution in [3.05, 3.63) is 24.3 Å². The average molecular weight is 338 g/mol. The van der Waals surface area contributed by atoms with Gasteiger partial charge in [0.05, 0.1) is 0 Å². The molecule has 0 spiro atoms. The first kappa shape index (κ1) is 18.7. The Hall–Kier alpha value is -3.30. The standard InChI is InChI=1S/C14H18N4O6/c1-7(11(19)20)15-13(23)17-9-3-5-10(6-4-9)18-14(24)16-8(2)12(21)22/h3-8H,1-2H3,(H,19,20)(H,21,22)(H2,15,17,23)(H2,16,18,24)/t7-,8-/m0/s1. The predicted octanol–water partition coefficient (Wildman–Crippen LogP) is 0.876. The molecule has 1 rings (SSSR count). The van der Waals surface area contributed by atoms with Crippen LogP contribution in [-0.2, 0) is 9.59 Å². The van der Waals surface area contributed by atoms with E-state index in [1.165, 1.54) is 38.1 Å². The van der Waals surface area contributed by atoms with E-state index in [0.717, 1.165) is 0 Å². The summed E-state index contributed by atoms with van der Waals surface area (Å²) >= 11 is 0. The topological polar surface area (TPSA) is 157 Å². The summed E-state index contributed by atoms with van der Waals surface area (Å²) in [5.41, 5.74) is 0.768. The van der Waals surface area contributed by atoms with Crippen molar-refractivity contribution in [3.63, 3.8) is 0 Å². The van der Waals surface area contributed by atoms with Crippen molar-refractivity contribution in [2.45, 2.75) is 25.9 Å². The second kappa shape index (κ2) is 8.36. The first-order valence-electron chi connectivity index (χ1n) is 6.89. The first-order chi connectivity index (χ1) is 11.2. The highest BCUT2D eigenvalue weighted by atomic mass is 16.4. The number of carbonyl (C=O) groups is 4. The average Bonchev–Trinajstić information content (AvgIpc) is 2.48. The van der Waals surface area contributed by atoms with Crippen LogP contribution in [0.1, 0.15) is 13.8 Å². The second-order valence-electron chi connectivity index (χ2n) is 4.89. The van der Waals surface area contributed by atoms with Crippen LogP contribution in [0.15, 0.2) is 24.3 Å². The van der Waals surface area contributed by atoms with Crippen molar-refractivity contribution >= 4 is 35.4 Å². The van der Waals surface area contributed by atoms with Crippen LogP contribution >= 0.6 is 0 Å². The molecule has 1 aromatic rings. The van der Waals surface area contributed by atoms with Crippen LogP contribution in [0, 0.1) is 0 Å². The van der Waals surface area contributed by atoms with Gasteiger partial charge in [-0.15, -0.1) is 0 Å². The van der Waals surface area contributed by atoms with Gasteiger partial charge < -0.3 is 31.5 Å². The number of carbonyl (C=O) groups excluding carboxylic acids is 2. The SMILES string of the molecule is C[C@H](NC(=O)Nc1ccc(NC(=O)N[C@@H](C)C(=O)O)cc1)C(=O)O. The van der Waals surface area contributed by atoms with Crippen LogP contribution in [0.25, 0.3) is 0 Å². The lowest BCUT2D eigenvalue weighted by atomic mass is 10.3. The maximum atomic E-state index is 11.6. The summed E-state index contributed by atoms with van der Waals surface area (Å²) in [4.78, 5) is 44.4. The summed E-state index contributed by atoms with van der Waals surface area (Å²) in [7, 11) is 0. The third-order valence-corrected chi connectivity index (χ3v) is 2.84. The van der Waals surface area contributed by atoms with Gasteiger partial charge >= 0.3 is 24.0 Å². The molecule has 0 heterocycles. The van der Waals surface area contributed by atoms with Crippen molar-refractivity contribution in [1.29, 1.82) is 0 Å². The van der Waals surface area contributed by atoms with Gasteiger partial charge in [-0.1, -0.05) is 0 Å². The Morgan fingerprint density at radius 1 is 0.750 bits per heavy atom. The molecule has 0 saturated carbocycles. The highest BCUT2D eigenvalue weighted by molar-refractivity contribution is 5.94. The largest absolute Gasteiger partial charge is 0.480 e. The predicted molar refractivity (Wildman–Crippen MR) is 84.9 cm³/mol. The third kappa shape index (κ3) is 6.22. The summed E-state index contributed by atoms with van der Waals surface area (Å²) in [6, 6.07) is 2.51. The van der Waals surface area contributed by atoms with E-state index < -0.39 is 36.1 Å². The molecule has 24 heavy (non-hydrogen) atoms. The van der Waals surface area contributed by atoms with Crippen LogP contribution < -0.4 is 21.3 Å². The van der Waals surface area contributed by atoms with E-state index >= 15 is 0 Å². The number of amides is 4. The summed E-state index contributed by atoms with van der Waals surface area (Å²) in [6.45, 7) is 2.65. The minimum absolute atomic E-state index is 0.384. The molecular formula is C14H18N4O6. The second-order valence-corrected chi connectivity index (χ2v) is 4.89. The molecule has 0 fully saturated rings. The number of benzene rings is 1. The Morgan fingerprint density at radius 3 is 1.29 bits per heavy atom. The molecule has 2 atom stereocenters. The molecule has 6 N–H and O–H groups in total. The Kier molecular flexibility index (Phi) is 6.53. The van der Waals surface area contributed by atoms with Crippen LogP contribution in [0.5, 0.6) is 0 Å². The van der Waals surface area contributed by atoms with Crippen LogP contribution in [0.2, 0.25) is 0 Å². The van der Waals surface area contributed by atoms with Gasteiger partial charge in [-0.25, -0.2) is 9.59 Å². The van der Waals surface area contributed by atoms with Crippen molar-refractivity contribution in [2.75, 3.05) is 10.6 Å². The van der Waals surface area contributed by atoms with Crippen LogP contribution in [0.4, 0.5) is 21.0 Å². The van der Waals surface area contributed by atoms with Gasteiger partial charge in [-0.05, 0) is 38.1 Å². The van der Waals surface area contributed by atoms with Gasteiger partial charge in [0.2, 0.25) is 0 Å². The number of rotatable bonds is 6. The molecule has 0 saturated heterocycles. The molecule has 0 unspecified atom stereocenters. The van der Waals surface area contributed by atoms with Gasteiger partial charge in [-0.2, -0.15) is 0 Å². The molecule has 0 bridgehead atoms. The van der Waals surface area contributed by atoms with Crippen molar-refractivity contribution in [3.8, 4) is 0 Å². The number of urea groups is 2. The monoisotopic (exact) mass is 338 g/mol. The van der Waals surface area contributed by atoms with E-state index in [2.05, 4.69) is 21.3 Å². The van der Waals surface area contributed by atoms with E-state index in [-0.39, 0.29) is 0 Å².